The third-order valence-electron chi connectivity index (χ3n) is 4.23. The van der Waals surface area contributed by atoms with Gasteiger partial charge < -0.3 is 13.9 Å². The van der Waals surface area contributed by atoms with Crippen molar-refractivity contribution in [3.63, 3.8) is 0 Å². The van der Waals surface area contributed by atoms with Crippen molar-refractivity contribution in [2.45, 2.75) is 6.92 Å². The average molecular weight is 393 g/mol. The van der Waals surface area contributed by atoms with E-state index in [0.29, 0.717) is 34.5 Å². The van der Waals surface area contributed by atoms with Crippen LogP contribution >= 0.6 is 11.6 Å². The van der Waals surface area contributed by atoms with Gasteiger partial charge in [0.05, 0.1) is 12.2 Å². The van der Waals surface area contributed by atoms with Gasteiger partial charge in [-0.25, -0.2) is 4.79 Å². The first-order valence-corrected chi connectivity index (χ1v) is 9.25. The second kappa shape index (κ2) is 7.79. The molecule has 1 aliphatic rings. The van der Waals surface area contributed by atoms with Crippen LogP contribution in [0, 0.1) is 0 Å². The highest BCUT2D eigenvalue weighted by atomic mass is 35.5. The van der Waals surface area contributed by atoms with Crippen LogP contribution in [-0.2, 0) is 9.53 Å². The molecule has 3 aromatic rings. The quantitative estimate of drug-likeness (QED) is 0.396. The predicted octanol–water partition coefficient (Wildman–Crippen LogP) is 5.98. The number of rotatable bonds is 5. The molecule has 0 atom stereocenters. The Bertz CT molecular complexity index is 1060. The third kappa shape index (κ3) is 3.87. The number of halogens is 1. The van der Waals surface area contributed by atoms with Crippen molar-refractivity contribution in [2.75, 3.05) is 6.61 Å². The zero-order valence-electron chi connectivity index (χ0n) is 15.1. The lowest BCUT2D eigenvalue weighted by Crippen LogP contribution is -1.97. The maximum Gasteiger partial charge on any atom is 0.343 e. The molecule has 0 aliphatic carbocycles. The molecule has 0 saturated carbocycles. The molecule has 0 spiro atoms. The first-order valence-electron chi connectivity index (χ1n) is 8.87. The molecule has 0 radical (unpaired) electrons. The molecule has 140 valence electrons. The molecule has 28 heavy (non-hydrogen) atoms. The van der Waals surface area contributed by atoms with E-state index in [1.165, 1.54) is 0 Å². The van der Waals surface area contributed by atoms with Gasteiger partial charge >= 0.3 is 5.97 Å². The Morgan fingerprint density at radius 3 is 2.39 bits per heavy atom. The summed E-state index contributed by atoms with van der Waals surface area (Å²) in [6.07, 6.45) is 3.38. The van der Waals surface area contributed by atoms with Crippen molar-refractivity contribution in [3.05, 3.63) is 88.7 Å². The van der Waals surface area contributed by atoms with Gasteiger partial charge in [-0.1, -0.05) is 11.6 Å². The minimum atomic E-state index is -0.409. The first kappa shape index (κ1) is 18.1. The minimum absolute atomic E-state index is 0.409. The maximum atomic E-state index is 12.2. The molecule has 0 amide bonds. The summed E-state index contributed by atoms with van der Waals surface area (Å²) >= 11 is 5.92. The van der Waals surface area contributed by atoms with Gasteiger partial charge in [0.1, 0.15) is 23.0 Å². The fourth-order valence-corrected chi connectivity index (χ4v) is 2.99. The summed E-state index contributed by atoms with van der Waals surface area (Å²) in [6, 6.07) is 18.4. The van der Waals surface area contributed by atoms with Gasteiger partial charge in [0.2, 0.25) is 0 Å². The lowest BCUT2D eigenvalue weighted by Gasteiger charge is -2.05. The molecule has 0 unspecified atom stereocenters. The Morgan fingerprint density at radius 1 is 0.964 bits per heavy atom. The van der Waals surface area contributed by atoms with Gasteiger partial charge in [0.25, 0.3) is 0 Å². The monoisotopic (exact) mass is 392 g/mol. The standard InChI is InChI=1S/C23H17ClO4/c1-2-26-19-9-5-16(6-10-19)22-14-17(23(25)28-22)13-20-11-12-21(27-20)15-3-7-18(24)8-4-15/h3-14H,2H2,1H3/b17-13-. The average Bonchev–Trinajstić information content (AvgIpc) is 3.31. The normalized spacial score (nSPS) is 14.9. The van der Waals surface area contributed by atoms with E-state index in [-0.39, 0.29) is 0 Å². The van der Waals surface area contributed by atoms with Crippen molar-refractivity contribution >= 4 is 29.4 Å². The molecule has 4 nitrogen and oxygen atoms in total. The zero-order chi connectivity index (χ0) is 19.5. The molecule has 0 N–H and O–H groups in total. The summed E-state index contributed by atoms with van der Waals surface area (Å²) in [5.41, 5.74) is 2.15. The third-order valence-corrected chi connectivity index (χ3v) is 4.48. The van der Waals surface area contributed by atoms with Gasteiger partial charge in [-0.2, -0.15) is 0 Å². The van der Waals surface area contributed by atoms with Crippen LogP contribution in [0.4, 0.5) is 0 Å². The molecular formula is C23H17ClO4. The van der Waals surface area contributed by atoms with E-state index in [1.807, 2.05) is 55.5 Å². The number of furan rings is 1. The molecule has 2 heterocycles. The summed E-state index contributed by atoms with van der Waals surface area (Å²) in [4.78, 5) is 12.2. The SMILES string of the molecule is CCOc1ccc(C2=C/C(=C/c3ccc(-c4ccc(Cl)cc4)o3)C(=O)O2)cc1. The van der Waals surface area contributed by atoms with E-state index in [9.17, 15) is 4.79 Å². The smallest absolute Gasteiger partial charge is 0.343 e. The Hall–Kier alpha value is -3.24. The Balaban J connectivity index is 1.56. The van der Waals surface area contributed by atoms with Crippen LogP contribution < -0.4 is 4.74 Å². The zero-order valence-corrected chi connectivity index (χ0v) is 15.9. The number of hydrogen-bond acceptors (Lipinski definition) is 4. The van der Waals surface area contributed by atoms with Crippen molar-refractivity contribution < 1.29 is 18.7 Å². The number of cyclic esters (lactones) is 1. The van der Waals surface area contributed by atoms with E-state index >= 15 is 0 Å². The van der Waals surface area contributed by atoms with Crippen molar-refractivity contribution in [1.29, 1.82) is 0 Å². The van der Waals surface area contributed by atoms with Crippen LogP contribution in [0.25, 0.3) is 23.2 Å². The van der Waals surface area contributed by atoms with Crippen LogP contribution in [-0.4, -0.2) is 12.6 Å². The fourth-order valence-electron chi connectivity index (χ4n) is 2.87. The predicted molar refractivity (Wildman–Crippen MR) is 109 cm³/mol. The van der Waals surface area contributed by atoms with E-state index in [0.717, 1.165) is 16.9 Å². The molecule has 5 heteroatoms. The van der Waals surface area contributed by atoms with Crippen molar-refractivity contribution in [1.82, 2.24) is 0 Å². The van der Waals surface area contributed by atoms with E-state index in [2.05, 4.69) is 0 Å². The Labute approximate surface area is 167 Å². The number of ether oxygens (including phenoxy) is 2. The second-order valence-electron chi connectivity index (χ2n) is 6.16. The minimum Gasteiger partial charge on any atom is -0.494 e. The van der Waals surface area contributed by atoms with E-state index in [4.69, 9.17) is 25.5 Å². The summed E-state index contributed by atoms with van der Waals surface area (Å²) in [7, 11) is 0. The van der Waals surface area contributed by atoms with Crippen LogP contribution in [0.3, 0.4) is 0 Å². The molecule has 0 fully saturated rings. The first-order chi connectivity index (χ1) is 13.6. The number of carbonyl (C=O) groups is 1. The lowest BCUT2D eigenvalue weighted by molar-refractivity contribution is -0.130. The highest BCUT2D eigenvalue weighted by molar-refractivity contribution is 6.30. The topological polar surface area (TPSA) is 48.7 Å². The molecule has 4 rings (SSSR count). The van der Waals surface area contributed by atoms with Gasteiger partial charge in [0, 0.05) is 16.1 Å². The molecule has 0 bridgehead atoms. The molecule has 2 aromatic carbocycles. The van der Waals surface area contributed by atoms with E-state index < -0.39 is 5.97 Å². The number of hydrogen-bond donors (Lipinski definition) is 0. The molecule has 1 aromatic heterocycles. The van der Waals surface area contributed by atoms with Crippen LogP contribution in [0.2, 0.25) is 5.02 Å². The number of benzene rings is 2. The van der Waals surface area contributed by atoms with Gasteiger partial charge in [-0.15, -0.1) is 0 Å². The number of carbonyl (C=O) groups excluding carboxylic acids is 1. The summed E-state index contributed by atoms with van der Waals surface area (Å²) in [5.74, 6) is 2.14. The highest BCUT2D eigenvalue weighted by Gasteiger charge is 2.22. The summed E-state index contributed by atoms with van der Waals surface area (Å²) < 4.78 is 16.7. The van der Waals surface area contributed by atoms with Crippen LogP contribution in [0.15, 0.2) is 76.7 Å². The van der Waals surface area contributed by atoms with Crippen molar-refractivity contribution in [3.8, 4) is 17.1 Å². The van der Waals surface area contributed by atoms with E-state index in [1.54, 1.807) is 24.3 Å². The summed E-state index contributed by atoms with van der Waals surface area (Å²) in [6.45, 7) is 2.53. The van der Waals surface area contributed by atoms with Crippen LogP contribution in [0.5, 0.6) is 5.75 Å². The summed E-state index contributed by atoms with van der Waals surface area (Å²) in [5, 5.41) is 0.665. The fraction of sp³-hybridized carbons (Fsp3) is 0.0870. The van der Waals surface area contributed by atoms with Crippen LogP contribution in [0.1, 0.15) is 18.2 Å². The Morgan fingerprint density at radius 2 is 1.68 bits per heavy atom. The molecule has 0 saturated heterocycles. The lowest BCUT2D eigenvalue weighted by atomic mass is 10.1. The maximum absolute atomic E-state index is 12.2. The number of esters is 1. The molecule has 1 aliphatic heterocycles. The largest absolute Gasteiger partial charge is 0.494 e. The van der Waals surface area contributed by atoms with Crippen molar-refractivity contribution in [2.24, 2.45) is 0 Å². The molecular weight excluding hydrogens is 376 g/mol. The van der Waals surface area contributed by atoms with Gasteiger partial charge in [0.15, 0.2) is 0 Å². The van der Waals surface area contributed by atoms with Gasteiger partial charge in [-0.3, -0.25) is 0 Å². The van der Waals surface area contributed by atoms with Gasteiger partial charge in [-0.05, 0) is 79.7 Å². The second-order valence-corrected chi connectivity index (χ2v) is 6.60. The highest BCUT2D eigenvalue weighted by Crippen LogP contribution is 2.30. The Kier molecular flexibility index (Phi) is 5.04.